The van der Waals surface area contributed by atoms with Crippen molar-refractivity contribution in [1.29, 1.82) is 0 Å². The van der Waals surface area contributed by atoms with Crippen LogP contribution in [0, 0.1) is 0 Å². The van der Waals surface area contributed by atoms with Gasteiger partial charge in [-0.15, -0.1) is 0 Å². The fraction of sp³-hybridized carbons (Fsp3) is 0.200. The SMILES string of the molecule is C[C@H](CC(=O)N[C@H](Cc1ccccc1)c1nc2ccccc2[nH]1)c1ccccc1. The molecular formula is C25H25N3O. The summed E-state index contributed by atoms with van der Waals surface area (Å²) in [6.45, 7) is 2.09. The third-order valence-electron chi connectivity index (χ3n) is 5.22. The number of aromatic nitrogens is 2. The first-order chi connectivity index (χ1) is 14.2. The van der Waals surface area contributed by atoms with Gasteiger partial charge < -0.3 is 10.3 Å². The zero-order valence-electron chi connectivity index (χ0n) is 16.5. The van der Waals surface area contributed by atoms with E-state index < -0.39 is 0 Å². The van der Waals surface area contributed by atoms with Crippen LogP contribution in [0.15, 0.2) is 84.9 Å². The second kappa shape index (κ2) is 8.74. The lowest BCUT2D eigenvalue weighted by Gasteiger charge is -2.19. The summed E-state index contributed by atoms with van der Waals surface area (Å²) in [6.07, 6.45) is 1.13. The molecule has 0 saturated carbocycles. The van der Waals surface area contributed by atoms with Crippen molar-refractivity contribution in [2.24, 2.45) is 0 Å². The molecule has 0 unspecified atom stereocenters. The molecule has 4 rings (SSSR count). The molecule has 4 heteroatoms. The second-order valence-corrected chi connectivity index (χ2v) is 7.46. The molecule has 146 valence electrons. The van der Waals surface area contributed by atoms with Crippen LogP contribution in [0.2, 0.25) is 0 Å². The Morgan fingerprint density at radius 1 is 0.931 bits per heavy atom. The minimum atomic E-state index is -0.208. The van der Waals surface area contributed by atoms with Gasteiger partial charge in [0.2, 0.25) is 5.91 Å². The summed E-state index contributed by atoms with van der Waals surface area (Å²) in [4.78, 5) is 21.0. The van der Waals surface area contributed by atoms with Crippen molar-refractivity contribution >= 4 is 16.9 Å². The van der Waals surface area contributed by atoms with E-state index in [1.54, 1.807) is 0 Å². The first-order valence-corrected chi connectivity index (χ1v) is 10.0. The Bertz CT molecular complexity index is 1040. The highest BCUT2D eigenvalue weighted by Gasteiger charge is 2.20. The largest absolute Gasteiger partial charge is 0.346 e. The third kappa shape index (κ3) is 4.72. The molecule has 2 N–H and O–H groups in total. The number of carbonyl (C=O) groups is 1. The van der Waals surface area contributed by atoms with Crippen molar-refractivity contribution in [3.8, 4) is 0 Å². The monoisotopic (exact) mass is 383 g/mol. The van der Waals surface area contributed by atoms with Gasteiger partial charge in [0.15, 0.2) is 0 Å². The Labute approximate surface area is 171 Å². The van der Waals surface area contributed by atoms with Gasteiger partial charge in [-0.2, -0.15) is 0 Å². The minimum absolute atomic E-state index is 0.0303. The molecule has 1 amide bonds. The molecule has 1 aromatic heterocycles. The number of hydrogen-bond donors (Lipinski definition) is 2. The van der Waals surface area contributed by atoms with Crippen molar-refractivity contribution in [3.05, 3.63) is 102 Å². The van der Waals surface area contributed by atoms with Crippen LogP contribution in [0.3, 0.4) is 0 Å². The zero-order chi connectivity index (χ0) is 20.1. The van der Waals surface area contributed by atoms with Gasteiger partial charge in [0.25, 0.3) is 0 Å². The molecule has 3 aromatic carbocycles. The van der Waals surface area contributed by atoms with Gasteiger partial charge in [-0.3, -0.25) is 4.79 Å². The third-order valence-corrected chi connectivity index (χ3v) is 5.22. The first kappa shape index (κ1) is 18.9. The molecule has 0 fully saturated rings. The van der Waals surface area contributed by atoms with Crippen LogP contribution in [0.1, 0.15) is 42.3 Å². The lowest BCUT2D eigenvalue weighted by molar-refractivity contribution is -0.122. The first-order valence-electron chi connectivity index (χ1n) is 10.0. The predicted molar refractivity (Wildman–Crippen MR) is 117 cm³/mol. The number of benzene rings is 3. The average Bonchev–Trinajstić information content (AvgIpc) is 3.19. The number of nitrogens with zero attached hydrogens (tertiary/aromatic N) is 1. The molecule has 0 saturated heterocycles. The predicted octanol–water partition coefficient (Wildman–Crippen LogP) is 5.16. The van der Waals surface area contributed by atoms with Gasteiger partial charge >= 0.3 is 0 Å². The highest BCUT2D eigenvalue weighted by molar-refractivity contribution is 5.78. The van der Waals surface area contributed by atoms with Gasteiger partial charge in [-0.05, 0) is 35.6 Å². The standard InChI is InChI=1S/C25H25N3O/c1-18(20-12-6-3-7-13-20)16-24(29)26-23(17-19-10-4-2-5-11-19)25-27-21-14-8-9-15-22(21)28-25/h2-15,18,23H,16-17H2,1H3,(H,26,29)(H,27,28)/t18-,23-/m1/s1. The van der Waals surface area contributed by atoms with E-state index >= 15 is 0 Å². The smallest absolute Gasteiger partial charge is 0.221 e. The summed E-state index contributed by atoms with van der Waals surface area (Å²) < 4.78 is 0. The van der Waals surface area contributed by atoms with Gasteiger partial charge in [0.1, 0.15) is 5.82 Å². The number of hydrogen-bond acceptors (Lipinski definition) is 2. The number of para-hydroxylation sites is 2. The maximum absolute atomic E-state index is 12.9. The fourth-order valence-electron chi connectivity index (χ4n) is 3.63. The Hall–Kier alpha value is -3.40. The molecule has 0 aliphatic rings. The molecule has 1 heterocycles. The topological polar surface area (TPSA) is 57.8 Å². The maximum atomic E-state index is 12.9. The highest BCUT2D eigenvalue weighted by Crippen LogP contribution is 2.22. The maximum Gasteiger partial charge on any atom is 0.221 e. The van der Waals surface area contributed by atoms with Crippen LogP contribution in [0.5, 0.6) is 0 Å². The number of carbonyl (C=O) groups excluding carboxylic acids is 1. The fourth-order valence-corrected chi connectivity index (χ4v) is 3.63. The molecule has 29 heavy (non-hydrogen) atoms. The van der Waals surface area contributed by atoms with Crippen LogP contribution < -0.4 is 5.32 Å². The number of fused-ring (bicyclic) bond motifs is 1. The lowest BCUT2D eigenvalue weighted by atomic mass is 9.97. The number of H-pyrrole nitrogens is 1. The average molecular weight is 383 g/mol. The normalized spacial score (nSPS) is 13.1. The van der Waals surface area contributed by atoms with Crippen molar-refractivity contribution in [1.82, 2.24) is 15.3 Å². The molecule has 2 atom stereocenters. The second-order valence-electron chi connectivity index (χ2n) is 7.46. The molecule has 4 nitrogen and oxygen atoms in total. The molecule has 0 aliphatic heterocycles. The number of amides is 1. The quantitative estimate of drug-likeness (QED) is 0.463. The Kier molecular flexibility index (Phi) is 5.71. The van der Waals surface area contributed by atoms with E-state index in [0.717, 1.165) is 22.4 Å². The molecule has 4 aromatic rings. The van der Waals surface area contributed by atoms with Crippen molar-refractivity contribution in [2.45, 2.75) is 31.7 Å². The van der Waals surface area contributed by atoms with Crippen molar-refractivity contribution in [3.63, 3.8) is 0 Å². The Morgan fingerprint density at radius 2 is 1.59 bits per heavy atom. The van der Waals surface area contributed by atoms with E-state index in [1.807, 2.05) is 60.7 Å². The van der Waals surface area contributed by atoms with Gasteiger partial charge in [0.05, 0.1) is 17.1 Å². The summed E-state index contributed by atoms with van der Waals surface area (Å²) >= 11 is 0. The number of nitrogens with one attached hydrogen (secondary N) is 2. The number of imidazole rings is 1. The van der Waals surface area contributed by atoms with E-state index in [9.17, 15) is 4.79 Å². The van der Waals surface area contributed by atoms with Crippen molar-refractivity contribution in [2.75, 3.05) is 0 Å². The zero-order valence-corrected chi connectivity index (χ0v) is 16.5. The highest BCUT2D eigenvalue weighted by atomic mass is 16.1. The van der Waals surface area contributed by atoms with E-state index in [-0.39, 0.29) is 17.9 Å². The van der Waals surface area contributed by atoms with E-state index in [2.05, 4.69) is 41.5 Å². The van der Waals surface area contributed by atoms with E-state index in [1.165, 1.54) is 5.56 Å². The van der Waals surface area contributed by atoms with Crippen LogP contribution in [0.25, 0.3) is 11.0 Å². The molecule has 0 bridgehead atoms. The minimum Gasteiger partial charge on any atom is -0.346 e. The number of rotatable bonds is 7. The molecule has 0 radical (unpaired) electrons. The Balaban J connectivity index is 1.54. The summed E-state index contributed by atoms with van der Waals surface area (Å²) in [5.41, 5.74) is 4.22. The van der Waals surface area contributed by atoms with Crippen molar-refractivity contribution < 1.29 is 4.79 Å². The summed E-state index contributed by atoms with van der Waals surface area (Å²) in [5.74, 6) is 0.975. The van der Waals surface area contributed by atoms with Gasteiger partial charge in [0, 0.05) is 6.42 Å². The number of aromatic amines is 1. The van der Waals surface area contributed by atoms with Crippen LogP contribution in [-0.2, 0) is 11.2 Å². The summed E-state index contributed by atoms with van der Waals surface area (Å²) in [6, 6.07) is 28.1. The molecule has 0 aliphatic carbocycles. The summed E-state index contributed by atoms with van der Waals surface area (Å²) in [5, 5.41) is 3.21. The summed E-state index contributed by atoms with van der Waals surface area (Å²) in [7, 11) is 0. The van der Waals surface area contributed by atoms with E-state index in [4.69, 9.17) is 4.98 Å². The van der Waals surface area contributed by atoms with Gasteiger partial charge in [-0.1, -0.05) is 79.7 Å². The molecule has 0 spiro atoms. The van der Waals surface area contributed by atoms with Crippen LogP contribution in [0.4, 0.5) is 0 Å². The lowest BCUT2D eigenvalue weighted by Crippen LogP contribution is -2.31. The Morgan fingerprint density at radius 3 is 2.31 bits per heavy atom. The van der Waals surface area contributed by atoms with Crippen LogP contribution in [-0.4, -0.2) is 15.9 Å². The molecular weight excluding hydrogens is 358 g/mol. The van der Waals surface area contributed by atoms with Crippen LogP contribution >= 0.6 is 0 Å². The van der Waals surface area contributed by atoms with E-state index in [0.29, 0.717) is 12.8 Å². The van der Waals surface area contributed by atoms with Gasteiger partial charge in [-0.25, -0.2) is 4.98 Å².